The summed E-state index contributed by atoms with van der Waals surface area (Å²) in [6, 6.07) is 3.83. The number of hydrogen-bond acceptors (Lipinski definition) is 4. The van der Waals surface area contributed by atoms with Crippen molar-refractivity contribution in [3.63, 3.8) is 0 Å². The number of nitrogens with zero attached hydrogens (tertiary/aromatic N) is 1. The first-order valence-electron chi connectivity index (χ1n) is 9.34. The highest BCUT2D eigenvalue weighted by Gasteiger charge is 2.04. The summed E-state index contributed by atoms with van der Waals surface area (Å²) in [4.78, 5) is 24.2. The molecule has 0 saturated heterocycles. The van der Waals surface area contributed by atoms with E-state index < -0.39 is 0 Å². The highest BCUT2D eigenvalue weighted by molar-refractivity contribution is 7.11. The Kier molecular flexibility index (Phi) is 12.5. The van der Waals surface area contributed by atoms with Crippen molar-refractivity contribution >= 4 is 29.4 Å². The number of carbonyl (C=O) groups is 2. The van der Waals surface area contributed by atoms with Crippen LogP contribution in [-0.4, -0.2) is 24.6 Å². The Balaban J connectivity index is 1.93. The van der Waals surface area contributed by atoms with Crippen molar-refractivity contribution < 1.29 is 9.59 Å². The van der Waals surface area contributed by atoms with Crippen LogP contribution in [0.25, 0.3) is 0 Å². The van der Waals surface area contributed by atoms with E-state index >= 15 is 0 Å². The number of amides is 2. The Morgan fingerprint density at radius 2 is 1.72 bits per heavy atom. The summed E-state index contributed by atoms with van der Waals surface area (Å²) >= 11 is 1.54. The quantitative estimate of drug-likeness (QED) is 0.294. The number of hydrazone groups is 1. The van der Waals surface area contributed by atoms with Gasteiger partial charge in [-0.25, -0.2) is 5.43 Å². The zero-order valence-electron chi connectivity index (χ0n) is 15.3. The first kappa shape index (κ1) is 21.4. The zero-order valence-corrected chi connectivity index (χ0v) is 16.1. The third-order valence-electron chi connectivity index (χ3n) is 3.88. The van der Waals surface area contributed by atoms with Crippen molar-refractivity contribution in [3.05, 3.63) is 22.4 Å². The van der Waals surface area contributed by atoms with Gasteiger partial charge in [-0.15, -0.1) is 11.3 Å². The summed E-state index contributed by atoms with van der Waals surface area (Å²) in [5.41, 5.74) is 2.40. The number of hydrogen-bond donors (Lipinski definition) is 2. The second-order valence-corrected chi connectivity index (χ2v) is 7.14. The molecule has 0 aliphatic heterocycles. The lowest BCUT2D eigenvalue weighted by molar-refractivity contribution is -0.126. The molecule has 25 heavy (non-hydrogen) atoms. The van der Waals surface area contributed by atoms with Crippen molar-refractivity contribution in [2.45, 2.75) is 71.1 Å². The Bertz CT molecular complexity index is 501. The van der Waals surface area contributed by atoms with Gasteiger partial charge >= 0.3 is 0 Å². The van der Waals surface area contributed by atoms with Gasteiger partial charge in [0.15, 0.2) is 0 Å². The van der Waals surface area contributed by atoms with Gasteiger partial charge in [0.25, 0.3) is 5.91 Å². The standard InChI is InChI=1S/C19H31N3O2S/c1-2-3-4-5-6-7-8-9-10-13-18(23)20-16-19(24)22-21-15-17-12-11-14-25-17/h11-12,14-15H,2-10,13,16H2,1H3,(H,20,23)(H,22,24)/b21-15+. The van der Waals surface area contributed by atoms with Crippen molar-refractivity contribution in [1.82, 2.24) is 10.7 Å². The van der Waals surface area contributed by atoms with Crippen LogP contribution in [0, 0.1) is 0 Å². The Hall–Kier alpha value is -1.69. The number of nitrogens with one attached hydrogen (secondary N) is 2. The molecule has 1 heterocycles. The molecule has 0 unspecified atom stereocenters. The first-order chi connectivity index (χ1) is 12.2. The molecule has 1 aromatic rings. The van der Waals surface area contributed by atoms with Crippen LogP contribution in [0.3, 0.4) is 0 Å². The molecule has 0 bridgehead atoms. The van der Waals surface area contributed by atoms with E-state index in [0.717, 1.165) is 17.7 Å². The minimum absolute atomic E-state index is 0.0297. The number of unbranched alkanes of at least 4 members (excludes halogenated alkanes) is 8. The summed E-state index contributed by atoms with van der Waals surface area (Å²) in [5, 5.41) is 8.42. The van der Waals surface area contributed by atoms with E-state index in [1.54, 1.807) is 17.6 Å². The molecule has 6 heteroatoms. The van der Waals surface area contributed by atoms with Crippen LogP contribution in [0.4, 0.5) is 0 Å². The van der Waals surface area contributed by atoms with E-state index in [9.17, 15) is 9.59 Å². The second kappa shape index (κ2) is 14.6. The third kappa shape index (κ3) is 12.3. The highest BCUT2D eigenvalue weighted by Crippen LogP contribution is 2.10. The zero-order chi connectivity index (χ0) is 18.2. The summed E-state index contributed by atoms with van der Waals surface area (Å²) in [5.74, 6) is -0.381. The lowest BCUT2D eigenvalue weighted by atomic mass is 10.1. The van der Waals surface area contributed by atoms with E-state index in [1.807, 2.05) is 17.5 Å². The van der Waals surface area contributed by atoms with Crippen molar-refractivity contribution in [3.8, 4) is 0 Å². The van der Waals surface area contributed by atoms with Gasteiger partial charge in [-0.2, -0.15) is 5.10 Å². The van der Waals surface area contributed by atoms with Crippen LogP contribution in [0.5, 0.6) is 0 Å². The van der Waals surface area contributed by atoms with Gasteiger partial charge in [0.1, 0.15) is 0 Å². The average molecular weight is 366 g/mol. The van der Waals surface area contributed by atoms with Gasteiger partial charge in [0.05, 0.1) is 12.8 Å². The van der Waals surface area contributed by atoms with Gasteiger partial charge in [-0.3, -0.25) is 9.59 Å². The fraction of sp³-hybridized carbons (Fsp3) is 0.632. The smallest absolute Gasteiger partial charge is 0.259 e. The minimum Gasteiger partial charge on any atom is -0.347 e. The Labute approximate surface area is 155 Å². The molecule has 0 spiro atoms. The summed E-state index contributed by atoms with van der Waals surface area (Å²) < 4.78 is 0. The molecule has 0 aliphatic rings. The van der Waals surface area contributed by atoms with E-state index in [0.29, 0.717) is 6.42 Å². The highest BCUT2D eigenvalue weighted by atomic mass is 32.1. The fourth-order valence-corrected chi connectivity index (χ4v) is 3.02. The van der Waals surface area contributed by atoms with Gasteiger partial charge in [0, 0.05) is 11.3 Å². The van der Waals surface area contributed by atoms with Crippen LogP contribution in [-0.2, 0) is 9.59 Å². The molecule has 0 radical (unpaired) electrons. The van der Waals surface area contributed by atoms with Crippen LogP contribution in [0.2, 0.25) is 0 Å². The monoisotopic (exact) mass is 365 g/mol. The Morgan fingerprint density at radius 1 is 1.04 bits per heavy atom. The van der Waals surface area contributed by atoms with Gasteiger partial charge in [0.2, 0.25) is 5.91 Å². The normalized spacial score (nSPS) is 10.9. The maximum Gasteiger partial charge on any atom is 0.259 e. The molecule has 5 nitrogen and oxygen atoms in total. The fourth-order valence-electron chi connectivity index (χ4n) is 2.44. The first-order valence-corrected chi connectivity index (χ1v) is 10.2. The summed E-state index contributed by atoms with van der Waals surface area (Å²) in [6.45, 7) is 2.20. The van der Waals surface area contributed by atoms with E-state index in [-0.39, 0.29) is 18.4 Å². The topological polar surface area (TPSA) is 70.6 Å². The summed E-state index contributed by atoms with van der Waals surface area (Å²) in [7, 11) is 0. The van der Waals surface area contributed by atoms with E-state index in [1.165, 1.54) is 44.9 Å². The Morgan fingerprint density at radius 3 is 2.36 bits per heavy atom. The lowest BCUT2D eigenvalue weighted by Gasteiger charge is -2.04. The predicted octanol–water partition coefficient (Wildman–Crippen LogP) is 4.24. The summed E-state index contributed by atoms with van der Waals surface area (Å²) in [6.07, 6.45) is 13.1. The second-order valence-electron chi connectivity index (χ2n) is 6.16. The third-order valence-corrected chi connectivity index (χ3v) is 4.68. The molecule has 140 valence electrons. The molecular formula is C19H31N3O2S. The average Bonchev–Trinajstić information content (AvgIpc) is 3.12. The van der Waals surface area contributed by atoms with E-state index in [4.69, 9.17) is 0 Å². The molecule has 2 N–H and O–H groups in total. The SMILES string of the molecule is CCCCCCCCCCCC(=O)NCC(=O)N/N=C/c1cccs1. The van der Waals surface area contributed by atoms with Crippen molar-refractivity contribution in [2.75, 3.05) is 6.54 Å². The molecule has 2 amide bonds. The molecule has 0 atom stereocenters. The molecular weight excluding hydrogens is 334 g/mol. The maximum absolute atomic E-state index is 11.7. The van der Waals surface area contributed by atoms with Crippen LogP contribution in [0.1, 0.15) is 76.0 Å². The number of thiophene rings is 1. The minimum atomic E-state index is -0.312. The lowest BCUT2D eigenvalue weighted by Crippen LogP contribution is -2.34. The van der Waals surface area contributed by atoms with Gasteiger partial charge in [-0.05, 0) is 17.9 Å². The molecule has 0 aliphatic carbocycles. The number of carbonyl (C=O) groups excluding carboxylic acids is 2. The largest absolute Gasteiger partial charge is 0.347 e. The van der Waals surface area contributed by atoms with Crippen molar-refractivity contribution in [2.24, 2.45) is 5.10 Å². The predicted molar refractivity (Wildman–Crippen MR) is 105 cm³/mol. The number of rotatable bonds is 14. The molecule has 0 saturated carbocycles. The molecule has 0 fully saturated rings. The molecule has 1 aromatic heterocycles. The maximum atomic E-state index is 11.7. The van der Waals surface area contributed by atoms with Crippen LogP contribution >= 0.6 is 11.3 Å². The van der Waals surface area contributed by atoms with E-state index in [2.05, 4.69) is 22.8 Å². The molecule has 1 rings (SSSR count). The van der Waals surface area contributed by atoms with Gasteiger partial charge in [-0.1, -0.05) is 64.4 Å². The molecule has 0 aromatic carbocycles. The van der Waals surface area contributed by atoms with Crippen LogP contribution < -0.4 is 10.7 Å². The van der Waals surface area contributed by atoms with Gasteiger partial charge < -0.3 is 5.32 Å². The van der Waals surface area contributed by atoms with Crippen molar-refractivity contribution in [1.29, 1.82) is 0 Å². The van der Waals surface area contributed by atoms with Crippen LogP contribution in [0.15, 0.2) is 22.6 Å².